The number of alkyl halides is 1. The first-order valence-electron chi connectivity index (χ1n) is 4.76. The molecule has 0 aliphatic carbocycles. The summed E-state index contributed by atoms with van der Waals surface area (Å²) >= 11 is 12.6. The van der Waals surface area contributed by atoms with Crippen LogP contribution in [0.15, 0.2) is 21.1 Å². The molecule has 0 saturated carbocycles. The zero-order valence-electron chi connectivity index (χ0n) is 8.73. The van der Waals surface area contributed by atoms with Gasteiger partial charge in [-0.15, -0.1) is 11.6 Å². The van der Waals surface area contributed by atoms with E-state index in [-0.39, 0.29) is 12.4 Å². The first-order chi connectivity index (χ1) is 7.58. The lowest BCUT2D eigenvalue weighted by atomic mass is 10.1. The molecule has 0 aliphatic rings. The van der Waals surface area contributed by atoms with Crippen molar-refractivity contribution in [2.24, 2.45) is 0 Å². The van der Waals surface area contributed by atoms with Crippen LogP contribution in [0.5, 0.6) is 0 Å². The van der Waals surface area contributed by atoms with Gasteiger partial charge in [0.05, 0.1) is 13.0 Å². The molecule has 0 amide bonds. The van der Waals surface area contributed by atoms with Gasteiger partial charge in [-0.2, -0.15) is 0 Å². The monoisotopic (exact) mass is 368 g/mol. The Labute approximate surface area is 117 Å². The third kappa shape index (κ3) is 3.75. The summed E-state index contributed by atoms with van der Waals surface area (Å²) in [6, 6.07) is 3.80. The molecule has 0 spiro atoms. The molecule has 0 aromatic heterocycles. The van der Waals surface area contributed by atoms with E-state index in [1.807, 2.05) is 12.1 Å². The predicted octanol–water partition coefficient (Wildman–Crippen LogP) is 4.06. The molecule has 0 saturated heterocycles. The Morgan fingerprint density at radius 3 is 2.44 bits per heavy atom. The Morgan fingerprint density at radius 1 is 1.31 bits per heavy atom. The molecule has 5 heteroatoms. The van der Waals surface area contributed by atoms with Crippen molar-refractivity contribution in [2.75, 3.05) is 6.61 Å². The second-order valence-corrected chi connectivity index (χ2v) is 5.13. The van der Waals surface area contributed by atoms with Crippen molar-refractivity contribution in [1.29, 1.82) is 0 Å². The molecule has 1 aromatic carbocycles. The molecule has 16 heavy (non-hydrogen) atoms. The zero-order chi connectivity index (χ0) is 12.1. The molecular weight excluding hydrogens is 359 g/mol. The van der Waals surface area contributed by atoms with E-state index in [0.717, 1.165) is 20.1 Å². The summed E-state index contributed by atoms with van der Waals surface area (Å²) in [6.07, 6.45) is 0.260. The number of benzene rings is 1. The van der Waals surface area contributed by atoms with Gasteiger partial charge in [0.25, 0.3) is 0 Å². The topological polar surface area (TPSA) is 26.3 Å². The van der Waals surface area contributed by atoms with Gasteiger partial charge in [0.15, 0.2) is 0 Å². The van der Waals surface area contributed by atoms with E-state index in [1.165, 1.54) is 0 Å². The number of rotatable bonds is 4. The van der Waals surface area contributed by atoms with Crippen LogP contribution >= 0.6 is 43.5 Å². The molecule has 0 fully saturated rings. The van der Waals surface area contributed by atoms with Crippen LogP contribution in [0.3, 0.4) is 0 Å². The van der Waals surface area contributed by atoms with Crippen LogP contribution in [0.25, 0.3) is 0 Å². The summed E-state index contributed by atoms with van der Waals surface area (Å²) in [4.78, 5) is 11.3. The number of hydrogen-bond acceptors (Lipinski definition) is 2. The Hall–Kier alpha value is -0.0600. The summed E-state index contributed by atoms with van der Waals surface area (Å²) in [5, 5.41) is 0. The Balaban J connectivity index is 2.89. The predicted molar refractivity (Wildman–Crippen MR) is 71.7 cm³/mol. The Kier molecular flexibility index (Phi) is 5.79. The smallest absolute Gasteiger partial charge is 0.310 e. The van der Waals surface area contributed by atoms with Crippen LogP contribution in [0.1, 0.15) is 18.1 Å². The van der Waals surface area contributed by atoms with Crippen molar-refractivity contribution in [3.8, 4) is 0 Å². The second kappa shape index (κ2) is 6.62. The minimum atomic E-state index is -0.228. The summed E-state index contributed by atoms with van der Waals surface area (Å²) in [5.41, 5.74) is 1.88. The zero-order valence-corrected chi connectivity index (χ0v) is 12.7. The Bertz CT molecular complexity index is 394. The van der Waals surface area contributed by atoms with Crippen molar-refractivity contribution in [3.05, 3.63) is 32.2 Å². The molecule has 1 rings (SSSR count). The molecule has 0 aliphatic heterocycles. The first-order valence-corrected chi connectivity index (χ1v) is 6.89. The first kappa shape index (κ1) is 14.0. The fourth-order valence-electron chi connectivity index (χ4n) is 1.23. The van der Waals surface area contributed by atoms with Crippen molar-refractivity contribution in [1.82, 2.24) is 0 Å². The molecule has 0 unspecified atom stereocenters. The lowest BCUT2D eigenvalue weighted by Crippen LogP contribution is -2.08. The normalized spacial score (nSPS) is 10.2. The van der Waals surface area contributed by atoms with Gasteiger partial charge in [0.1, 0.15) is 0 Å². The van der Waals surface area contributed by atoms with E-state index < -0.39 is 0 Å². The fourth-order valence-corrected chi connectivity index (χ4v) is 2.68. The minimum Gasteiger partial charge on any atom is -0.466 e. The quantitative estimate of drug-likeness (QED) is 0.590. The van der Waals surface area contributed by atoms with Crippen molar-refractivity contribution in [3.63, 3.8) is 0 Å². The highest BCUT2D eigenvalue weighted by molar-refractivity contribution is 9.11. The minimum absolute atomic E-state index is 0.228. The van der Waals surface area contributed by atoms with Gasteiger partial charge in [-0.1, -0.05) is 31.9 Å². The van der Waals surface area contributed by atoms with Crippen molar-refractivity contribution >= 4 is 49.4 Å². The molecule has 0 atom stereocenters. The van der Waals surface area contributed by atoms with Crippen molar-refractivity contribution < 1.29 is 9.53 Å². The highest BCUT2D eigenvalue weighted by Crippen LogP contribution is 2.27. The number of hydrogen-bond donors (Lipinski definition) is 0. The molecule has 2 nitrogen and oxygen atoms in total. The second-order valence-electron chi connectivity index (χ2n) is 3.15. The Morgan fingerprint density at radius 2 is 1.88 bits per heavy atom. The number of ether oxygens (including phenoxy) is 1. The number of halogens is 3. The van der Waals surface area contributed by atoms with E-state index in [9.17, 15) is 4.79 Å². The molecule has 0 heterocycles. The standard InChI is InChI=1S/C11H11Br2ClO2/c1-2-16-11(15)5-7-3-10(13)8(6-14)4-9(7)12/h3-4H,2,5-6H2,1H3. The van der Waals surface area contributed by atoms with Gasteiger partial charge in [0.2, 0.25) is 0 Å². The van der Waals surface area contributed by atoms with Crippen LogP contribution < -0.4 is 0 Å². The molecular formula is C11H11Br2ClO2. The largest absolute Gasteiger partial charge is 0.466 e. The van der Waals surface area contributed by atoms with Gasteiger partial charge < -0.3 is 4.74 Å². The van der Waals surface area contributed by atoms with Crippen LogP contribution in [0.4, 0.5) is 0 Å². The number of carbonyl (C=O) groups is 1. The molecule has 88 valence electrons. The third-order valence-electron chi connectivity index (χ3n) is 2.00. The van der Waals surface area contributed by atoms with Crippen LogP contribution in [0.2, 0.25) is 0 Å². The van der Waals surface area contributed by atoms with E-state index in [1.54, 1.807) is 6.92 Å². The highest BCUT2D eigenvalue weighted by Gasteiger charge is 2.10. The van der Waals surface area contributed by atoms with Crippen LogP contribution in [0, 0.1) is 0 Å². The maximum atomic E-state index is 11.3. The summed E-state index contributed by atoms with van der Waals surface area (Å²) in [7, 11) is 0. The maximum Gasteiger partial charge on any atom is 0.310 e. The van der Waals surface area contributed by atoms with Gasteiger partial charge in [-0.25, -0.2) is 0 Å². The average Bonchev–Trinajstić information content (AvgIpc) is 2.23. The average molecular weight is 370 g/mol. The summed E-state index contributed by atoms with van der Waals surface area (Å²) in [6.45, 7) is 2.19. The molecule has 0 bridgehead atoms. The highest BCUT2D eigenvalue weighted by atomic mass is 79.9. The van der Waals surface area contributed by atoms with E-state index in [0.29, 0.717) is 12.5 Å². The van der Waals surface area contributed by atoms with Gasteiger partial charge in [-0.05, 0) is 30.2 Å². The maximum absolute atomic E-state index is 11.3. The summed E-state index contributed by atoms with van der Waals surface area (Å²) < 4.78 is 6.68. The van der Waals surface area contributed by atoms with E-state index in [4.69, 9.17) is 16.3 Å². The van der Waals surface area contributed by atoms with Gasteiger partial charge >= 0.3 is 5.97 Å². The lowest BCUT2D eigenvalue weighted by molar-refractivity contribution is -0.142. The van der Waals surface area contributed by atoms with Crippen LogP contribution in [-0.4, -0.2) is 12.6 Å². The molecule has 0 radical (unpaired) electrons. The molecule has 1 aromatic rings. The number of carbonyl (C=O) groups excluding carboxylic acids is 1. The molecule has 0 N–H and O–H groups in total. The lowest BCUT2D eigenvalue weighted by Gasteiger charge is -2.08. The van der Waals surface area contributed by atoms with Crippen molar-refractivity contribution in [2.45, 2.75) is 19.2 Å². The van der Waals surface area contributed by atoms with Gasteiger partial charge in [0, 0.05) is 14.8 Å². The van der Waals surface area contributed by atoms with E-state index >= 15 is 0 Å². The van der Waals surface area contributed by atoms with Gasteiger partial charge in [-0.3, -0.25) is 4.79 Å². The van der Waals surface area contributed by atoms with Crippen LogP contribution in [-0.2, 0) is 21.8 Å². The summed E-state index contributed by atoms with van der Waals surface area (Å²) in [5.74, 6) is 0.201. The van der Waals surface area contributed by atoms with E-state index in [2.05, 4.69) is 31.9 Å². The SMILES string of the molecule is CCOC(=O)Cc1cc(Br)c(CCl)cc1Br. The fraction of sp³-hybridized carbons (Fsp3) is 0.364. The third-order valence-corrected chi connectivity index (χ3v) is 3.76. The number of esters is 1.